The van der Waals surface area contributed by atoms with Gasteiger partial charge in [0.05, 0.1) is 5.69 Å². The fourth-order valence-electron chi connectivity index (χ4n) is 7.31. The summed E-state index contributed by atoms with van der Waals surface area (Å²) < 4.78 is 0. The standard InChI is InChI=1S/C46H40N2/c1-2-5-20-39(19-4-1)47(45-25-13-10-17-37-15-8-11-23-43(37)45)41-31-27-35(28-32-41)36-29-33-42(34-30-36)48(40-21-6-3-7-22-40)46-26-14-18-38-16-9-12-24-44(38)46/h1-3,6-9,11-16,18-19,21-34,37H,4-5,10,17,20H2. The van der Waals surface area contributed by atoms with Gasteiger partial charge in [0.2, 0.25) is 0 Å². The average molecular weight is 621 g/mol. The molecule has 0 saturated heterocycles. The molecule has 0 bridgehead atoms. The molecular weight excluding hydrogens is 581 g/mol. The highest BCUT2D eigenvalue weighted by Gasteiger charge is 2.24. The number of nitrogens with zero attached hydrogens (tertiary/aromatic N) is 2. The van der Waals surface area contributed by atoms with E-state index >= 15 is 0 Å². The fourth-order valence-corrected chi connectivity index (χ4v) is 7.31. The molecule has 48 heavy (non-hydrogen) atoms. The van der Waals surface area contributed by atoms with Gasteiger partial charge in [0.15, 0.2) is 0 Å². The molecular formula is C46H40N2. The van der Waals surface area contributed by atoms with Crippen LogP contribution in [0.4, 0.5) is 22.7 Å². The van der Waals surface area contributed by atoms with Crippen LogP contribution >= 0.6 is 0 Å². The van der Waals surface area contributed by atoms with E-state index in [4.69, 9.17) is 0 Å². The van der Waals surface area contributed by atoms with Crippen molar-refractivity contribution in [1.29, 1.82) is 0 Å². The molecule has 1 atom stereocenters. The maximum Gasteiger partial charge on any atom is 0.0540 e. The predicted octanol–water partition coefficient (Wildman–Crippen LogP) is 12.8. The van der Waals surface area contributed by atoms with E-state index in [-0.39, 0.29) is 0 Å². The van der Waals surface area contributed by atoms with Gasteiger partial charge in [0.25, 0.3) is 0 Å². The third-order valence-corrected chi connectivity index (χ3v) is 9.70. The number of anilines is 4. The number of benzene rings is 5. The summed E-state index contributed by atoms with van der Waals surface area (Å²) in [5.41, 5.74) is 11.2. The molecule has 0 aromatic heterocycles. The Morgan fingerprint density at radius 1 is 0.542 bits per heavy atom. The molecule has 3 aliphatic rings. The van der Waals surface area contributed by atoms with Crippen molar-refractivity contribution >= 4 is 33.5 Å². The van der Waals surface area contributed by atoms with Crippen molar-refractivity contribution in [2.75, 3.05) is 9.80 Å². The van der Waals surface area contributed by atoms with Crippen LogP contribution in [0.3, 0.4) is 0 Å². The van der Waals surface area contributed by atoms with Crippen LogP contribution in [0.1, 0.15) is 32.1 Å². The third kappa shape index (κ3) is 5.98. The average Bonchev–Trinajstić information content (AvgIpc) is 3.55. The minimum Gasteiger partial charge on any atom is -0.314 e. The number of allylic oxidation sites excluding steroid dienone is 11. The Balaban J connectivity index is 1.14. The first kappa shape index (κ1) is 29.8. The predicted molar refractivity (Wildman–Crippen MR) is 205 cm³/mol. The van der Waals surface area contributed by atoms with Gasteiger partial charge in [-0.25, -0.2) is 0 Å². The molecule has 2 nitrogen and oxygen atoms in total. The molecule has 3 aliphatic carbocycles. The van der Waals surface area contributed by atoms with Crippen molar-refractivity contribution in [3.8, 4) is 11.1 Å². The number of rotatable bonds is 7. The zero-order valence-corrected chi connectivity index (χ0v) is 27.3. The number of hydrogen-bond acceptors (Lipinski definition) is 2. The summed E-state index contributed by atoms with van der Waals surface area (Å²) in [6, 6.07) is 44.0. The second-order valence-corrected chi connectivity index (χ2v) is 12.7. The van der Waals surface area contributed by atoms with Gasteiger partial charge in [-0.2, -0.15) is 0 Å². The summed E-state index contributed by atoms with van der Waals surface area (Å²) >= 11 is 0. The molecule has 5 aromatic carbocycles. The molecule has 0 N–H and O–H groups in total. The minimum atomic E-state index is 0.453. The first-order chi connectivity index (χ1) is 23.8. The summed E-state index contributed by atoms with van der Waals surface area (Å²) in [5, 5.41) is 2.47. The van der Waals surface area contributed by atoms with E-state index in [2.05, 4.69) is 186 Å². The molecule has 0 spiro atoms. The summed E-state index contributed by atoms with van der Waals surface area (Å²) in [4.78, 5) is 4.88. The van der Waals surface area contributed by atoms with Crippen molar-refractivity contribution in [3.63, 3.8) is 0 Å². The van der Waals surface area contributed by atoms with Gasteiger partial charge >= 0.3 is 0 Å². The maximum atomic E-state index is 2.52. The van der Waals surface area contributed by atoms with Crippen LogP contribution in [0.2, 0.25) is 0 Å². The maximum absolute atomic E-state index is 2.52. The van der Waals surface area contributed by atoms with Gasteiger partial charge in [0.1, 0.15) is 0 Å². The Hall–Kier alpha value is -5.60. The van der Waals surface area contributed by atoms with Crippen molar-refractivity contribution in [2.24, 2.45) is 5.92 Å². The van der Waals surface area contributed by atoms with E-state index < -0.39 is 0 Å². The van der Waals surface area contributed by atoms with Gasteiger partial charge in [-0.15, -0.1) is 0 Å². The highest BCUT2D eigenvalue weighted by Crippen LogP contribution is 2.41. The molecule has 0 saturated carbocycles. The Kier molecular flexibility index (Phi) is 8.46. The monoisotopic (exact) mass is 620 g/mol. The van der Waals surface area contributed by atoms with Crippen LogP contribution in [0.5, 0.6) is 0 Å². The zero-order chi connectivity index (χ0) is 32.1. The van der Waals surface area contributed by atoms with Crippen LogP contribution < -0.4 is 9.80 Å². The third-order valence-electron chi connectivity index (χ3n) is 9.70. The Labute approximate surface area is 284 Å². The summed E-state index contributed by atoms with van der Waals surface area (Å²) in [7, 11) is 0. The largest absolute Gasteiger partial charge is 0.314 e. The topological polar surface area (TPSA) is 6.48 Å². The molecule has 0 radical (unpaired) electrons. The normalized spacial score (nSPS) is 17.1. The van der Waals surface area contributed by atoms with E-state index in [1.807, 2.05) is 0 Å². The number of fused-ring (bicyclic) bond motifs is 2. The van der Waals surface area contributed by atoms with Crippen LogP contribution in [-0.2, 0) is 0 Å². The Morgan fingerprint density at radius 3 is 2.06 bits per heavy atom. The van der Waals surface area contributed by atoms with Crippen molar-refractivity contribution in [2.45, 2.75) is 32.1 Å². The van der Waals surface area contributed by atoms with Crippen molar-refractivity contribution in [3.05, 3.63) is 193 Å². The smallest absolute Gasteiger partial charge is 0.0540 e. The lowest BCUT2D eigenvalue weighted by Crippen LogP contribution is -2.23. The van der Waals surface area contributed by atoms with Crippen LogP contribution in [-0.4, -0.2) is 0 Å². The molecule has 0 fully saturated rings. The molecule has 8 rings (SSSR count). The lowest BCUT2D eigenvalue weighted by atomic mass is 9.90. The lowest BCUT2D eigenvalue weighted by molar-refractivity contribution is 0.694. The van der Waals surface area contributed by atoms with Crippen molar-refractivity contribution < 1.29 is 0 Å². The Morgan fingerprint density at radius 2 is 1.25 bits per heavy atom. The first-order valence-corrected chi connectivity index (χ1v) is 17.3. The van der Waals surface area contributed by atoms with Crippen LogP contribution in [0, 0.1) is 5.92 Å². The van der Waals surface area contributed by atoms with E-state index in [1.54, 1.807) is 0 Å². The molecule has 5 aromatic rings. The second kappa shape index (κ2) is 13.6. The highest BCUT2D eigenvalue weighted by molar-refractivity contribution is 5.99. The SMILES string of the molecule is C1=CC2=C(N(C3=CCC=CCC3)c3ccc(-c4ccc(N(c5ccccc5)c5cccc6ccccc56)cc4)cc3)C=CCCC2C=C1. The first-order valence-electron chi connectivity index (χ1n) is 17.3. The summed E-state index contributed by atoms with van der Waals surface area (Å²) in [6.45, 7) is 0. The molecule has 234 valence electrons. The van der Waals surface area contributed by atoms with E-state index in [9.17, 15) is 0 Å². The quantitative estimate of drug-likeness (QED) is 0.167. The summed E-state index contributed by atoms with van der Waals surface area (Å²) in [6.07, 6.45) is 26.2. The van der Waals surface area contributed by atoms with Gasteiger partial charge < -0.3 is 9.80 Å². The number of para-hydroxylation sites is 1. The summed E-state index contributed by atoms with van der Waals surface area (Å²) in [5.74, 6) is 0.453. The van der Waals surface area contributed by atoms with E-state index in [0.717, 1.165) is 43.5 Å². The second-order valence-electron chi connectivity index (χ2n) is 12.7. The lowest BCUT2D eigenvalue weighted by Gasteiger charge is -2.32. The molecule has 0 aliphatic heterocycles. The van der Waals surface area contributed by atoms with Gasteiger partial charge in [-0.1, -0.05) is 127 Å². The van der Waals surface area contributed by atoms with Crippen molar-refractivity contribution in [1.82, 2.24) is 0 Å². The zero-order valence-electron chi connectivity index (χ0n) is 27.3. The van der Waals surface area contributed by atoms with E-state index in [0.29, 0.717) is 5.92 Å². The Bertz CT molecular complexity index is 2080. The van der Waals surface area contributed by atoms with Crippen LogP contribution in [0.15, 0.2) is 193 Å². The van der Waals surface area contributed by atoms with Gasteiger partial charge in [0, 0.05) is 39.8 Å². The highest BCUT2D eigenvalue weighted by atomic mass is 15.2. The van der Waals surface area contributed by atoms with Gasteiger partial charge in [-0.3, -0.25) is 0 Å². The minimum absolute atomic E-state index is 0.453. The molecule has 0 heterocycles. The van der Waals surface area contributed by atoms with E-state index in [1.165, 1.54) is 50.2 Å². The van der Waals surface area contributed by atoms with Gasteiger partial charge in [-0.05, 0) is 103 Å². The molecule has 0 amide bonds. The number of hydrogen-bond donors (Lipinski definition) is 0. The molecule has 2 heteroatoms. The van der Waals surface area contributed by atoms with Crippen LogP contribution in [0.25, 0.3) is 21.9 Å². The molecule has 1 unspecified atom stereocenters. The fraction of sp³-hybridized carbons (Fsp3) is 0.130.